The number of carbonyl (C=O) groups excluding carboxylic acids is 1. The van der Waals surface area contributed by atoms with Gasteiger partial charge in [-0.1, -0.05) is 0 Å². The van der Waals surface area contributed by atoms with Crippen molar-refractivity contribution in [2.45, 2.75) is 44.1 Å². The number of likely N-dealkylation sites (N-methyl/N-ethyl adjacent to an activating group) is 1. The van der Waals surface area contributed by atoms with Gasteiger partial charge in [-0.15, -0.1) is 10.2 Å². The highest BCUT2D eigenvalue weighted by molar-refractivity contribution is 5.81. The standard InChI is InChI=1S/C22H27N7O/c1-27-12-3-2-6-19(22(27)30)28-13-9-16(10-14-28)21-25-24-20-8-7-18(26-29(20)21)17-5-4-11-23-15-17/h4-5,7-8,11,15-16,19H,2-3,6,9-10,12-14H2,1H3. The molecule has 1 amide bonds. The van der Waals surface area contributed by atoms with Crippen molar-refractivity contribution in [3.05, 3.63) is 42.5 Å². The van der Waals surface area contributed by atoms with Crippen LogP contribution in [0.5, 0.6) is 0 Å². The predicted molar refractivity (Wildman–Crippen MR) is 113 cm³/mol. The van der Waals surface area contributed by atoms with Crippen LogP contribution in [-0.4, -0.2) is 73.2 Å². The van der Waals surface area contributed by atoms with Crippen molar-refractivity contribution >= 4 is 11.6 Å². The Bertz CT molecular complexity index is 1030. The summed E-state index contributed by atoms with van der Waals surface area (Å²) in [5, 5.41) is 13.6. The summed E-state index contributed by atoms with van der Waals surface area (Å²) in [4.78, 5) is 21.2. The Balaban J connectivity index is 1.34. The number of piperidine rings is 1. The lowest BCUT2D eigenvalue weighted by atomic mass is 9.94. The van der Waals surface area contributed by atoms with Gasteiger partial charge in [-0.25, -0.2) is 0 Å². The quantitative estimate of drug-likeness (QED) is 0.666. The zero-order valence-corrected chi connectivity index (χ0v) is 17.3. The molecule has 3 aromatic rings. The molecule has 0 saturated carbocycles. The largest absolute Gasteiger partial charge is 0.344 e. The van der Waals surface area contributed by atoms with Crippen molar-refractivity contribution < 1.29 is 4.79 Å². The minimum Gasteiger partial charge on any atom is -0.344 e. The van der Waals surface area contributed by atoms with Crippen LogP contribution in [-0.2, 0) is 4.79 Å². The molecule has 30 heavy (non-hydrogen) atoms. The molecule has 2 fully saturated rings. The lowest BCUT2D eigenvalue weighted by Gasteiger charge is -2.36. The third-order valence-electron chi connectivity index (χ3n) is 6.46. The first kappa shape index (κ1) is 19.1. The monoisotopic (exact) mass is 405 g/mol. The Morgan fingerprint density at radius 1 is 1.00 bits per heavy atom. The highest BCUT2D eigenvalue weighted by atomic mass is 16.2. The third kappa shape index (κ3) is 3.56. The molecular weight excluding hydrogens is 378 g/mol. The lowest BCUT2D eigenvalue weighted by molar-refractivity contribution is -0.135. The second kappa shape index (κ2) is 8.10. The van der Waals surface area contributed by atoms with E-state index in [1.807, 2.05) is 46.9 Å². The normalized spacial score (nSPS) is 21.8. The van der Waals surface area contributed by atoms with E-state index in [2.05, 4.69) is 20.1 Å². The number of hydrogen-bond acceptors (Lipinski definition) is 6. The first-order valence-electron chi connectivity index (χ1n) is 10.8. The molecule has 0 aromatic carbocycles. The Hall–Kier alpha value is -2.87. The molecular formula is C22H27N7O. The Morgan fingerprint density at radius 2 is 1.87 bits per heavy atom. The van der Waals surface area contributed by atoms with E-state index in [1.54, 1.807) is 6.20 Å². The zero-order chi connectivity index (χ0) is 20.5. The summed E-state index contributed by atoms with van der Waals surface area (Å²) in [6, 6.07) is 7.87. The molecule has 0 spiro atoms. The minimum atomic E-state index is 0.0314. The predicted octanol–water partition coefficient (Wildman–Crippen LogP) is 2.38. The Kier molecular flexibility index (Phi) is 5.16. The summed E-state index contributed by atoms with van der Waals surface area (Å²) in [5.41, 5.74) is 2.60. The van der Waals surface area contributed by atoms with Crippen LogP contribution in [0.25, 0.3) is 16.9 Å². The van der Waals surface area contributed by atoms with Crippen LogP contribution in [0.4, 0.5) is 0 Å². The van der Waals surface area contributed by atoms with E-state index in [-0.39, 0.29) is 11.9 Å². The molecule has 1 atom stereocenters. The second-order valence-electron chi connectivity index (χ2n) is 8.37. The highest BCUT2D eigenvalue weighted by Crippen LogP contribution is 2.30. The molecule has 8 nitrogen and oxygen atoms in total. The summed E-state index contributed by atoms with van der Waals surface area (Å²) in [7, 11) is 1.93. The van der Waals surface area contributed by atoms with Gasteiger partial charge in [-0.3, -0.25) is 14.7 Å². The smallest absolute Gasteiger partial charge is 0.239 e. The number of hydrogen-bond donors (Lipinski definition) is 0. The van der Waals surface area contributed by atoms with E-state index in [9.17, 15) is 4.79 Å². The van der Waals surface area contributed by atoms with Gasteiger partial charge in [0.15, 0.2) is 11.5 Å². The average Bonchev–Trinajstić information content (AvgIpc) is 3.15. The fraction of sp³-hybridized carbons (Fsp3) is 0.500. The van der Waals surface area contributed by atoms with E-state index in [0.29, 0.717) is 5.92 Å². The molecule has 3 aromatic heterocycles. The van der Waals surface area contributed by atoms with Crippen molar-refractivity contribution in [3.63, 3.8) is 0 Å². The number of fused-ring (bicyclic) bond motifs is 1. The van der Waals surface area contributed by atoms with E-state index in [0.717, 1.165) is 74.5 Å². The van der Waals surface area contributed by atoms with E-state index in [4.69, 9.17) is 5.10 Å². The van der Waals surface area contributed by atoms with E-state index in [1.165, 1.54) is 0 Å². The van der Waals surface area contributed by atoms with E-state index >= 15 is 0 Å². The van der Waals surface area contributed by atoms with Gasteiger partial charge in [0.05, 0.1) is 11.7 Å². The van der Waals surface area contributed by atoms with Gasteiger partial charge in [0.1, 0.15) is 0 Å². The van der Waals surface area contributed by atoms with Crippen LogP contribution < -0.4 is 0 Å². The maximum Gasteiger partial charge on any atom is 0.239 e. The van der Waals surface area contributed by atoms with Crippen LogP contribution in [0.15, 0.2) is 36.7 Å². The van der Waals surface area contributed by atoms with Crippen molar-refractivity contribution in [2.24, 2.45) is 0 Å². The van der Waals surface area contributed by atoms with Gasteiger partial charge >= 0.3 is 0 Å². The van der Waals surface area contributed by atoms with E-state index < -0.39 is 0 Å². The molecule has 2 saturated heterocycles. The maximum absolute atomic E-state index is 12.7. The van der Waals surface area contributed by atoms with Crippen LogP contribution in [0, 0.1) is 0 Å². The Morgan fingerprint density at radius 3 is 2.67 bits per heavy atom. The summed E-state index contributed by atoms with van der Waals surface area (Å²) < 4.78 is 1.88. The van der Waals surface area contributed by atoms with Gasteiger partial charge in [0, 0.05) is 37.5 Å². The molecule has 0 radical (unpaired) electrons. The van der Waals surface area contributed by atoms with Crippen molar-refractivity contribution in [1.82, 2.24) is 34.6 Å². The Labute approximate surface area is 175 Å². The summed E-state index contributed by atoms with van der Waals surface area (Å²) in [6.07, 6.45) is 8.70. The third-order valence-corrected chi connectivity index (χ3v) is 6.46. The number of likely N-dealkylation sites (tertiary alicyclic amines) is 2. The first-order chi connectivity index (χ1) is 14.7. The first-order valence-corrected chi connectivity index (χ1v) is 10.8. The lowest BCUT2D eigenvalue weighted by Crippen LogP contribution is -2.49. The van der Waals surface area contributed by atoms with Gasteiger partial charge in [0.2, 0.25) is 5.91 Å². The number of aromatic nitrogens is 5. The number of pyridine rings is 1. The topological polar surface area (TPSA) is 79.5 Å². The number of amides is 1. The van der Waals surface area contributed by atoms with Gasteiger partial charge < -0.3 is 4.90 Å². The maximum atomic E-state index is 12.7. The molecule has 1 unspecified atom stereocenters. The van der Waals surface area contributed by atoms with Gasteiger partial charge in [0.25, 0.3) is 0 Å². The van der Waals surface area contributed by atoms with Gasteiger partial charge in [-0.2, -0.15) is 9.61 Å². The summed E-state index contributed by atoms with van der Waals surface area (Å²) in [6.45, 7) is 2.70. The zero-order valence-electron chi connectivity index (χ0n) is 17.3. The molecule has 5 rings (SSSR count). The fourth-order valence-electron chi connectivity index (χ4n) is 4.71. The van der Waals surface area contributed by atoms with Crippen molar-refractivity contribution in [1.29, 1.82) is 0 Å². The molecule has 0 bridgehead atoms. The molecule has 0 N–H and O–H groups in total. The van der Waals surface area contributed by atoms with Crippen molar-refractivity contribution in [3.8, 4) is 11.3 Å². The van der Waals surface area contributed by atoms with Crippen molar-refractivity contribution in [2.75, 3.05) is 26.7 Å². The average molecular weight is 406 g/mol. The molecule has 5 heterocycles. The summed E-state index contributed by atoms with van der Waals surface area (Å²) >= 11 is 0. The summed E-state index contributed by atoms with van der Waals surface area (Å²) in [5.74, 6) is 1.49. The highest BCUT2D eigenvalue weighted by Gasteiger charge is 2.34. The van der Waals surface area contributed by atoms with Gasteiger partial charge in [-0.05, 0) is 69.5 Å². The molecule has 2 aliphatic heterocycles. The molecule has 8 heteroatoms. The van der Waals surface area contributed by atoms with Crippen LogP contribution in [0.2, 0.25) is 0 Å². The second-order valence-corrected chi connectivity index (χ2v) is 8.37. The molecule has 156 valence electrons. The van der Waals surface area contributed by atoms with Crippen LogP contribution in [0.3, 0.4) is 0 Å². The van der Waals surface area contributed by atoms with Crippen LogP contribution >= 0.6 is 0 Å². The number of rotatable bonds is 3. The number of carbonyl (C=O) groups is 1. The minimum absolute atomic E-state index is 0.0314. The molecule has 0 aliphatic carbocycles. The number of nitrogens with zero attached hydrogens (tertiary/aromatic N) is 7. The van der Waals surface area contributed by atoms with Crippen LogP contribution in [0.1, 0.15) is 43.8 Å². The molecule has 2 aliphatic rings. The SMILES string of the molecule is CN1CCCCC(N2CCC(c3nnc4ccc(-c5cccnc5)nn34)CC2)C1=O. The fourth-order valence-corrected chi connectivity index (χ4v) is 4.71.